The lowest BCUT2D eigenvalue weighted by Gasteiger charge is -1.94. The molecule has 0 radical (unpaired) electrons. The molecule has 0 unspecified atom stereocenters. The first-order chi connectivity index (χ1) is 3.81. The minimum atomic E-state index is -0.0618. The number of hydrogen-bond acceptors (Lipinski definition) is 2. The van der Waals surface area contributed by atoms with Crippen LogP contribution < -0.4 is 5.32 Å². The first-order valence-electron chi connectivity index (χ1n) is 2.29. The summed E-state index contributed by atoms with van der Waals surface area (Å²) < 4.78 is 0. The van der Waals surface area contributed by atoms with Crippen molar-refractivity contribution < 1.29 is 4.79 Å². The van der Waals surface area contributed by atoms with Crippen molar-refractivity contribution in [3.8, 4) is 0 Å². The zero-order valence-electron chi connectivity index (χ0n) is 4.55. The van der Waals surface area contributed by atoms with Gasteiger partial charge in [-0.05, 0) is 0 Å². The molecule has 0 spiro atoms. The molecule has 0 aromatic heterocycles. The molecule has 1 amide bonds. The lowest BCUT2D eigenvalue weighted by molar-refractivity contribution is -0.118. The highest BCUT2D eigenvalue weighted by Crippen LogP contribution is 1.71. The van der Waals surface area contributed by atoms with Crippen molar-refractivity contribution >= 4 is 18.5 Å². The highest BCUT2D eigenvalue weighted by molar-refractivity contribution is 7.81. The second-order valence-corrected chi connectivity index (χ2v) is 1.57. The van der Waals surface area contributed by atoms with E-state index in [1.165, 1.54) is 0 Å². The minimum absolute atomic E-state index is 0.0618. The highest BCUT2D eigenvalue weighted by Gasteiger charge is 1.90. The molecule has 0 aromatic rings. The van der Waals surface area contributed by atoms with Crippen LogP contribution in [-0.2, 0) is 4.79 Å². The number of carbonyl (C=O) groups excluding carboxylic acids is 1. The molecule has 0 rings (SSSR count). The van der Waals surface area contributed by atoms with Gasteiger partial charge in [-0.1, -0.05) is 6.08 Å². The van der Waals surface area contributed by atoms with Crippen LogP contribution in [0.2, 0.25) is 0 Å². The molecular formula is C5H9NOS. The standard InChI is InChI=1S/C5H9NOS/c1-2-3-6-5(7)4-8/h2,8H,1,3-4H2,(H,6,7). The monoisotopic (exact) mass is 131 g/mol. The van der Waals surface area contributed by atoms with Gasteiger partial charge in [0.1, 0.15) is 0 Å². The first-order valence-corrected chi connectivity index (χ1v) is 2.93. The summed E-state index contributed by atoms with van der Waals surface area (Å²) in [6.45, 7) is 3.95. The van der Waals surface area contributed by atoms with E-state index in [2.05, 4.69) is 24.5 Å². The zero-order chi connectivity index (χ0) is 6.41. The van der Waals surface area contributed by atoms with E-state index in [-0.39, 0.29) is 11.7 Å². The van der Waals surface area contributed by atoms with Crippen LogP contribution in [-0.4, -0.2) is 18.2 Å². The Kier molecular flexibility index (Phi) is 4.45. The number of amides is 1. The van der Waals surface area contributed by atoms with Crippen molar-refractivity contribution in [2.24, 2.45) is 0 Å². The van der Waals surface area contributed by atoms with Crippen LogP contribution >= 0.6 is 12.6 Å². The van der Waals surface area contributed by atoms with Crippen LogP contribution in [0.25, 0.3) is 0 Å². The first kappa shape index (κ1) is 7.56. The van der Waals surface area contributed by atoms with Crippen LogP contribution in [0.3, 0.4) is 0 Å². The van der Waals surface area contributed by atoms with Gasteiger partial charge in [-0.15, -0.1) is 6.58 Å². The van der Waals surface area contributed by atoms with Crippen LogP contribution in [0.5, 0.6) is 0 Å². The molecule has 0 aromatic carbocycles. The van der Waals surface area contributed by atoms with E-state index >= 15 is 0 Å². The average Bonchev–Trinajstić information content (AvgIpc) is 1.83. The van der Waals surface area contributed by atoms with Gasteiger partial charge in [0.2, 0.25) is 5.91 Å². The molecule has 0 aliphatic carbocycles. The molecule has 3 heteroatoms. The summed E-state index contributed by atoms with van der Waals surface area (Å²) >= 11 is 3.74. The van der Waals surface area contributed by atoms with Crippen molar-refractivity contribution in [2.45, 2.75) is 0 Å². The van der Waals surface area contributed by atoms with E-state index in [1.54, 1.807) is 6.08 Å². The second kappa shape index (κ2) is 4.71. The molecule has 8 heavy (non-hydrogen) atoms. The number of carbonyl (C=O) groups is 1. The SMILES string of the molecule is C=CCNC(=O)CS. The van der Waals surface area contributed by atoms with Gasteiger partial charge in [0.25, 0.3) is 0 Å². The van der Waals surface area contributed by atoms with Gasteiger partial charge in [-0.25, -0.2) is 0 Å². The van der Waals surface area contributed by atoms with Crippen LogP contribution in [0.4, 0.5) is 0 Å². The third-order valence-electron chi connectivity index (χ3n) is 0.587. The fourth-order valence-electron chi connectivity index (χ4n) is 0.242. The van der Waals surface area contributed by atoms with Crippen LogP contribution in [0.1, 0.15) is 0 Å². The molecule has 0 aliphatic rings. The summed E-state index contributed by atoms with van der Waals surface area (Å²) in [5, 5.41) is 2.55. The Labute approximate surface area is 54.4 Å². The molecule has 46 valence electrons. The zero-order valence-corrected chi connectivity index (χ0v) is 5.45. The topological polar surface area (TPSA) is 29.1 Å². The number of thiol groups is 1. The normalized spacial score (nSPS) is 8.12. The van der Waals surface area contributed by atoms with E-state index in [1.807, 2.05) is 0 Å². The Hall–Kier alpha value is -0.440. The van der Waals surface area contributed by atoms with E-state index in [4.69, 9.17) is 0 Å². The Morgan fingerprint density at radius 3 is 2.88 bits per heavy atom. The summed E-state index contributed by atoms with van der Waals surface area (Å²) in [7, 11) is 0. The van der Waals surface area contributed by atoms with Crippen LogP contribution in [0.15, 0.2) is 12.7 Å². The molecule has 0 aliphatic heterocycles. The Morgan fingerprint density at radius 1 is 1.88 bits per heavy atom. The molecule has 0 heterocycles. The van der Waals surface area contributed by atoms with Gasteiger partial charge in [0.05, 0.1) is 5.75 Å². The van der Waals surface area contributed by atoms with Crippen molar-refractivity contribution in [1.82, 2.24) is 5.32 Å². The third kappa shape index (κ3) is 3.74. The Balaban J connectivity index is 3.11. The maximum Gasteiger partial charge on any atom is 0.229 e. The lowest BCUT2D eigenvalue weighted by Crippen LogP contribution is -2.23. The fraction of sp³-hybridized carbons (Fsp3) is 0.400. The minimum Gasteiger partial charge on any atom is -0.352 e. The Morgan fingerprint density at radius 2 is 2.50 bits per heavy atom. The molecule has 1 N–H and O–H groups in total. The maximum atomic E-state index is 10.3. The van der Waals surface area contributed by atoms with E-state index in [9.17, 15) is 4.79 Å². The lowest BCUT2D eigenvalue weighted by atomic mass is 10.6. The van der Waals surface area contributed by atoms with Crippen molar-refractivity contribution in [1.29, 1.82) is 0 Å². The molecule has 0 saturated heterocycles. The van der Waals surface area contributed by atoms with Gasteiger partial charge in [-0.3, -0.25) is 4.79 Å². The number of hydrogen-bond donors (Lipinski definition) is 2. The van der Waals surface area contributed by atoms with Crippen LogP contribution in [0, 0.1) is 0 Å². The summed E-state index contributed by atoms with van der Waals surface area (Å²) in [6, 6.07) is 0. The summed E-state index contributed by atoms with van der Waals surface area (Å²) in [5.41, 5.74) is 0. The fourth-order valence-corrected chi connectivity index (χ4v) is 0.354. The van der Waals surface area contributed by atoms with Gasteiger partial charge in [0, 0.05) is 6.54 Å². The highest BCUT2D eigenvalue weighted by atomic mass is 32.1. The maximum absolute atomic E-state index is 10.3. The summed E-state index contributed by atoms with van der Waals surface area (Å²) in [4.78, 5) is 10.3. The van der Waals surface area contributed by atoms with Crippen molar-refractivity contribution in [3.63, 3.8) is 0 Å². The quantitative estimate of drug-likeness (QED) is 0.416. The van der Waals surface area contributed by atoms with Gasteiger partial charge < -0.3 is 5.32 Å². The van der Waals surface area contributed by atoms with Gasteiger partial charge in [0.15, 0.2) is 0 Å². The summed E-state index contributed by atoms with van der Waals surface area (Å²) in [5.74, 6) is 0.182. The van der Waals surface area contributed by atoms with E-state index < -0.39 is 0 Å². The third-order valence-corrected chi connectivity index (χ3v) is 0.874. The number of rotatable bonds is 3. The smallest absolute Gasteiger partial charge is 0.229 e. The largest absolute Gasteiger partial charge is 0.352 e. The van der Waals surface area contributed by atoms with Crippen molar-refractivity contribution in [2.75, 3.05) is 12.3 Å². The molecule has 0 saturated carbocycles. The van der Waals surface area contributed by atoms with Gasteiger partial charge >= 0.3 is 0 Å². The molecular weight excluding hydrogens is 122 g/mol. The Bertz CT molecular complexity index is 92.4. The van der Waals surface area contributed by atoms with Crippen molar-refractivity contribution in [3.05, 3.63) is 12.7 Å². The molecule has 2 nitrogen and oxygen atoms in total. The average molecular weight is 131 g/mol. The van der Waals surface area contributed by atoms with E-state index in [0.717, 1.165) is 0 Å². The summed E-state index contributed by atoms with van der Waals surface area (Å²) in [6.07, 6.45) is 1.63. The molecule has 0 fully saturated rings. The van der Waals surface area contributed by atoms with E-state index in [0.29, 0.717) is 6.54 Å². The number of nitrogens with one attached hydrogen (secondary N) is 1. The predicted molar refractivity (Wildman–Crippen MR) is 37.1 cm³/mol. The van der Waals surface area contributed by atoms with Gasteiger partial charge in [-0.2, -0.15) is 12.6 Å². The predicted octanol–water partition coefficient (Wildman–Crippen LogP) is 0.218. The molecule has 0 bridgehead atoms. The second-order valence-electron chi connectivity index (χ2n) is 1.25. The molecule has 0 atom stereocenters.